The summed E-state index contributed by atoms with van der Waals surface area (Å²) in [5.74, 6) is 0.269. The first-order valence-electron chi connectivity index (χ1n) is 9.91. The first kappa shape index (κ1) is 19.7. The van der Waals surface area contributed by atoms with E-state index in [4.69, 9.17) is 5.73 Å². The van der Waals surface area contributed by atoms with Crippen LogP contribution < -0.4 is 11.1 Å². The number of nitrogens with zero attached hydrogens (tertiary/aromatic N) is 3. The van der Waals surface area contributed by atoms with Crippen LogP contribution in [0.3, 0.4) is 0 Å². The lowest BCUT2D eigenvalue weighted by Gasteiger charge is -2.49. The number of nitrogens with one attached hydrogen (secondary N) is 1. The van der Waals surface area contributed by atoms with Crippen molar-refractivity contribution in [3.05, 3.63) is 83.8 Å². The Morgan fingerprint density at radius 1 is 1.10 bits per heavy atom. The SMILES string of the molecule is Cn1cccc1C(=O)N1CC(Cc2ccccc2)(C(=O)NCc2cccnc2N)C1. The van der Waals surface area contributed by atoms with Gasteiger partial charge in [-0.2, -0.15) is 0 Å². The van der Waals surface area contributed by atoms with E-state index in [0.29, 0.717) is 37.6 Å². The van der Waals surface area contributed by atoms with E-state index in [-0.39, 0.29) is 11.8 Å². The lowest BCUT2D eigenvalue weighted by molar-refractivity contribution is -0.139. The molecule has 3 heterocycles. The van der Waals surface area contributed by atoms with Gasteiger partial charge in [0.15, 0.2) is 0 Å². The number of likely N-dealkylation sites (tertiary alicyclic amines) is 1. The van der Waals surface area contributed by atoms with Crippen LogP contribution in [0.2, 0.25) is 0 Å². The Morgan fingerprint density at radius 2 is 1.87 bits per heavy atom. The van der Waals surface area contributed by atoms with Crippen molar-refractivity contribution in [1.82, 2.24) is 19.8 Å². The average molecular weight is 403 g/mol. The third-order valence-corrected chi connectivity index (χ3v) is 5.67. The molecule has 0 saturated carbocycles. The molecule has 3 aromatic rings. The van der Waals surface area contributed by atoms with E-state index in [1.54, 1.807) is 27.8 Å². The minimum Gasteiger partial charge on any atom is -0.383 e. The maximum absolute atomic E-state index is 13.2. The fraction of sp³-hybridized carbons (Fsp3) is 0.261. The second-order valence-corrected chi connectivity index (χ2v) is 7.84. The zero-order chi connectivity index (χ0) is 21.1. The van der Waals surface area contributed by atoms with Crippen LogP contribution in [0.1, 0.15) is 21.6 Å². The molecule has 0 unspecified atom stereocenters. The van der Waals surface area contributed by atoms with E-state index in [1.807, 2.05) is 55.7 Å². The van der Waals surface area contributed by atoms with Gasteiger partial charge in [-0.05, 0) is 30.2 Å². The molecule has 7 heteroatoms. The predicted molar refractivity (Wildman–Crippen MR) is 114 cm³/mol. The van der Waals surface area contributed by atoms with Gasteiger partial charge in [0.25, 0.3) is 5.91 Å². The summed E-state index contributed by atoms with van der Waals surface area (Å²) in [5, 5.41) is 3.01. The molecule has 1 aliphatic rings. The van der Waals surface area contributed by atoms with Crippen LogP contribution in [0, 0.1) is 5.41 Å². The van der Waals surface area contributed by atoms with Gasteiger partial charge in [0, 0.05) is 44.6 Å². The van der Waals surface area contributed by atoms with E-state index < -0.39 is 5.41 Å². The normalized spacial score (nSPS) is 14.8. The summed E-state index contributed by atoms with van der Waals surface area (Å²) in [4.78, 5) is 31.9. The number of pyridine rings is 1. The highest BCUT2D eigenvalue weighted by Gasteiger charge is 2.51. The van der Waals surface area contributed by atoms with Crippen molar-refractivity contribution < 1.29 is 9.59 Å². The summed E-state index contributed by atoms with van der Waals surface area (Å²) < 4.78 is 1.80. The molecule has 0 radical (unpaired) electrons. The van der Waals surface area contributed by atoms with E-state index in [9.17, 15) is 9.59 Å². The summed E-state index contributed by atoms with van der Waals surface area (Å²) in [7, 11) is 1.84. The first-order valence-corrected chi connectivity index (χ1v) is 9.91. The molecule has 2 aromatic heterocycles. The number of amides is 2. The Kier molecular flexibility index (Phi) is 5.27. The molecule has 3 N–H and O–H groups in total. The molecule has 0 bridgehead atoms. The number of aromatic nitrogens is 2. The third kappa shape index (κ3) is 3.78. The third-order valence-electron chi connectivity index (χ3n) is 5.67. The number of aryl methyl sites for hydroxylation is 1. The van der Waals surface area contributed by atoms with Crippen LogP contribution in [0.4, 0.5) is 5.82 Å². The number of benzene rings is 1. The molecule has 4 rings (SSSR count). The molecular formula is C23H25N5O2. The highest BCUT2D eigenvalue weighted by molar-refractivity contribution is 5.96. The molecule has 154 valence electrons. The maximum atomic E-state index is 13.2. The average Bonchev–Trinajstić information content (AvgIpc) is 3.15. The van der Waals surface area contributed by atoms with Crippen LogP contribution in [0.15, 0.2) is 67.0 Å². The molecule has 0 spiro atoms. The first-order chi connectivity index (χ1) is 14.5. The quantitative estimate of drug-likeness (QED) is 0.658. The largest absolute Gasteiger partial charge is 0.383 e. The van der Waals surface area contributed by atoms with Crippen LogP contribution in [0.5, 0.6) is 0 Å². The summed E-state index contributed by atoms with van der Waals surface area (Å²) in [6.07, 6.45) is 4.03. The number of carbonyl (C=O) groups excluding carboxylic acids is 2. The number of nitrogen functional groups attached to an aromatic ring is 1. The van der Waals surface area contributed by atoms with Crippen molar-refractivity contribution in [3.8, 4) is 0 Å². The predicted octanol–water partition coefficient (Wildman–Crippen LogP) is 2.00. The molecule has 1 aromatic carbocycles. The van der Waals surface area contributed by atoms with Crippen molar-refractivity contribution >= 4 is 17.6 Å². The highest BCUT2D eigenvalue weighted by Crippen LogP contribution is 2.36. The molecule has 1 saturated heterocycles. The van der Waals surface area contributed by atoms with Gasteiger partial charge in [-0.1, -0.05) is 36.4 Å². The van der Waals surface area contributed by atoms with Crippen molar-refractivity contribution in [2.24, 2.45) is 12.5 Å². The van der Waals surface area contributed by atoms with Gasteiger partial charge in [-0.15, -0.1) is 0 Å². The van der Waals surface area contributed by atoms with Crippen molar-refractivity contribution in [3.63, 3.8) is 0 Å². The van der Waals surface area contributed by atoms with Gasteiger partial charge in [0.2, 0.25) is 5.91 Å². The number of hydrogen-bond donors (Lipinski definition) is 2. The molecule has 1 fully saturated rings. The lowest BCUT2D eigenvalue weighted by Crippen LogP contribution is -2.65. The number of hydrogen-bond acceptors (Lipinski definition) is 4. The monoisotopic (exact) mass is 403 g/mol. The standard InChI is InChI=1S/C23H25N5O2/c1-27-12-6-10-19(27)21(29)28-15-23(16-28,13-17-7-3-2-4-8-17)22(30)26-14-18-9-5-11-25-20(18)24/h2-12H,13-16H2,1H3,(H2,24,25)(H,26,30). The Hall–Kier alpha value is -3.61. The van der Waals surface area contributed by atoms with Gasteiger partial charge in [-0.3, -0.25) is 9.59 Å². The molecule has 7 nitrogen and oxygen atoms in total. The summed E-state index contributed by atoms with van der Waals surface area (Å²) in [5.41, 5.74) is 7.69. The highest BCUT2D eigenvalue weighted by atomic mass is 16.2. The zero-order valence-corrected chi connectivity index (χ0v) is 16.9. The van der Waals surface area contributed by atoms with Crippen LogP contribution in [0.25, 0.3) is 0 Å². The topological polar surface area (TPSA) is 93.2 Å². The van der Waals surface area contributed by atoms with Crippen LogP contribution in [-0.2, 0) is 24.8 Å². The van der Waals surface area contributed by atoms with Gasteiger partial charge < -0.3 is 20.5 Å². The van der Waals surface area contributed by atoms with Gasteiger partial charge in [-0.25, -0.2) is 4.98 Å². The fourth-order valence-electron chi connectivity index (χ4n) is 3.96. The Balaban J connectivity index is 1.50. The molecular weight excluding hydrogens is 378 g/mol. The number of nitrogens with two attached hydrogens (primary N) is 1. The molecule has 2 amide bonds. The minimum absolute atomic E-state index is 0.0597. The van der Waals surface area contributed by atoms with E-state index in [0.717, 1.165) is 11.1 Å². The van der Waals surface area contributed by atoms with Gasteiger partial charge in [0.1, 0.15) is 11.5 Å². The number of rotatable bonds is 6. The molecule has 30 heavy (non-hydrogen) atoms. The van der Waals surface area contributed by atoms with Crippen molar-refractivity contribution in [1.29, 1.82) is 0 Å². The molecule has 1 aliphatic heterocycles. The molecule has 0 aliphatic carbocycles. The van der Waals surface area contributed by atoms with Gasteiger partial charge >= 0.3 is 0 Å². The second-order valence-electron chi connectivity index (χ2n) is 7.84. The Morgan fingerprint density at radius 3 is 2.53 bits per heavy atom. The van der Waals surface area contributed by atoms with E-state index in [2.05, 4.69) is 10.3 Å². The van der Waals surface area contributed by atoms with E-state index in [1.165, 1.54) is 0 Å². The van der Waals surface area contributed by atoms with Gasteiger partial charge in [0.05, 0.1) is 5.41 Å². The van der Waals surface area contributed by atoms with Crippen molar-refractivity contribution in [2.75, 3.05) is 18.8 Å². The van der Waals surface area contributed by atoms with Crippen LogP contribution in [-0.4, -0.2) is 39.4 Å². The van der Waals surface area contributed by atoms with Crippen molar-refractivity contribution in [2.45, 2.75) is 13.0 Å². The second kappa shape index (κ2) is 8.02. The van der Waals surface area contributed by atoms with Crippen LogP contribution >= 0.6 is 0 Å². The maximum Gasteiger partial charge on any atom is 0.270 e. The molecule has 0 atom stereocenters. The fourth-order valence-corrected chi connectivity index (χ4v) is 3.96. The Labute approximate surface area is 175 Å². The Bertz CT molecular complexity index is 1050. The zero-order valence-electron chi connectivity index (χ0n) is 16.9. The smallest absolute Gasteiger partial charge is 0.270 e. The summed E-state index contributed by atoms with van der Waals surface area (Å²) in [6.45, 7) is 1.06. The summed E-state index contributed by atoms with van der Waals surface area (Å²) >= 11 is 0. The lowest BCUT2D eigenvalue weighted by atomic mass is 9.73. The number of carbonyl (C=O) groups is 2. The summed E-state index contributed by atoms with van der Waals surface area (Å²) in [6, 6.07) is 17.2. The number of anilines is 1. The van der Waals surface area contributed by atoms with E-state index >= 15 is 0 Å². The minimum atomic E-state index is -0.668.